The van der Waals surface area contributed by atoms with E-state index in [-0.39, 0.29) is 17.8 Å². The lowest BCUT2D eigenvalue weighted by Gasteiger charge is -2.15. The molecule has 1 aromatic heterocycles. The van der Waals surface area contributed by atoms with Gasteiger partial charge < -0.3 is 10.3 Å². The number of hydrogen-bond acceptors (Lipinski definition) is 2. The van der Waals surface area contributed by atoms with E-state index in [0.29, 0.717) is 27.6 Å². The first-order chi connectivity index (χ1) is 12.5. The van der Waals surface area contributed by atoms with Crippen LogP contribution in [0.5, 0.6) is 0 Å². The molecule has 0 spiro atoms. The lowest BCUT2D eigenvalue weighted by Crippen LogP contribution is -2.35. The van der Waals surface area contributed by atoms with Crippen LogP contribution in [0.4, 0.5) is 4.39 Å². The third-order valence-corrected chi connectivity index (χ3v) is 4.62. The number of imidazole rings is 1. The molecule has 0 saturated carbocycles. The van der Waals surface area contributed by atoms with Crippen molar-refractivity contribution in [3.63, 3.8) is 0 Å². The summed E-state index contributed by atoms with van der Waals surface area (Å²) >= 11 is 11.4. The highest BCUT2D eigenvalue weighted by Crippen LogP contribution is 2.17. The maximum Gasteiger partial charge on any atom is 0.270 e. The molecule has 1 amide bonds. The molecule has 1 atom stereocenters. The Balaban J connectivity index is 1.79. The number of benzene rings is 2. The van der Waals surface area contributed by atoms with Gasteiger partial charge in [0.05, 0.1) is 0 Å². The van der Waals surface area contributed by atoms with E-state index in [2.05, 4.69) is 10.3 Å². The number of aromatic amines is 1. The Morgan fingerprint density at radius 2 is 1.96 bits per heavy atom. The summed E-state index contributed by atoms with van der Waals surface area (Å²) in [5, 5.41) is 3.62. The molecule has 0 aliphatic heterocycles. The van der Waals surface area contributed by atoms with Gasteiger partial charge in [-0.25, -0.2) is 4.39 Å². The van der Waals surface area contributed by atoms with Crippen molar-refractivity contribution in [3.8, 4) is 5.69 Å². The Morgan fingerprint density at radius 3 is 2.65 bits per heavy atom. The van der Waals surface area contributed by atoms with Gasteiger partial charge in [-0.2, -0.15) is 0 Å². The summed E-state index contributed by atoms with van der Waals surface area (Å²) in [5.41, 5.74) is 1.93. The minimum absolute atomic E-state index is 0.132. The summed E-state index contributed by atoms with van der Waals surface area (Å²) in [6.45, 7) is 1.91. The fourth-order valence-corrected chi connectivity index (χ4v) is 3.20. The monoisotopic (exact) mass is 389 g/mol. The molecule has 0 aliphatic rings. The number of rotatable bonds is 5. The zero-order chi connectivity index (χ0) is 18.7. The van der Waals surface area contributed by atoms with Gasteiger partial charge in [-0.1, -0.05) is 29.8 Å². The summed E-state index contributed by atoms with van der Waals surface area (Å²) in [7, 11) is 0. The maximum absolute atomic E-state index is 13.2. The van der Waals surface area contributed by atoms with E-state index in [4.69, 9.17) is 23.8 Å². The van der Waals surface area contributed by atoms with Gasteiger partial charge in [0.15, 0.2) is 4.77 Å². The van der Waals surface area contributed by atoms with Crippen molar-refractivity contribution >= 4 is 29.7 Å². The molecule has 0 fully saturated rings. The van der Waals surface area contributed by atoms with Crippen molar-refractivity contribution in [1.82, 2.24) is 14.9 Å². The summed E-state index contributed by atoms with van der Waals surface area (Å²) in [6, 6.07) is 13.2. The minimum Gasteiger partial charge on any atom is -0.348 e. The highest BCUT2D eigenvalue weighted by atomic mass is 35.5. The number of H-pyrrole nitrogens is 1. The Labute approximate surface area is 160 Å². The van der Waals surface area contributed by atoms with Crippen LogP contribution in [0.15, 0.2) is 54.7 Å². The van der Waals surface area contributed by atoms with Crippen LogP contribution in [0.25, 0.3) is 5.69 Å². The van der Waals surface area contributed by atoms with Crippen LogP contribution >= 0.6 is 23.8 Å². The van der Waals surface area contributed by atoms with Gasteiger partial charge in [0.1, 0.15) is 11.5 Å². The van der Waals surface area contributed by atoms with Crippen molar-refractivity contribution in [1.29, 1.82) is 0 Å². The molecule has 1 heterocycles. The molecule has 134 valence electrons. The van der Waals surface area contributed by atoms with E-state index in [9.17, 15) is 9.18 Å². The standard InChI is InChI=1S/C19H17ClFN3OS/c1-12(10-13-4-2-3-5-16(13)20)23-18(25)17-11-22-19(26)24(17)15-8-6-14(21)7-9-15/h2-9,11-12H,10H2,1H3,(H,22,26)(H,23,25)/t12-/m1/s1. The molecule has 7 heteroatoms. The number of nitrogens with one attached hydrogen (secondary N) is 2. The summed E-state index contributed by atoms with van der Waals surface area (Å²) in [5.74, 6) is -0.628. The Bertz CT molecular complexity index is 981. The lowest BCUT2D eigenvalue weighted by molar-refractivity contribution is 0.0933. The van der Waals surface area contributed by atoms with Gasteiger partial charge in [-0.3, -0.25) is 9.36 Å². The van der Waals surface area contributed by atoms with Crippen molar-refractivity contribution in [2.24, 2.45) is 0 Å². The van der Waals surface area contributed by atoms with Crippen LogP contribution in [-0.4, -0.2) is 21.5 Å². The van der Waals surface area contributed by atoms with E-state index in [1.807, 2.05) is 31.2 Å². The van der Waals surface area contributed by atoms with Crippen LogP contribution in [0.3, 0.4) is 0 Å². The zero-order valence-electron chi connectivity index (χ0n) is 14.0. The van der Waals surface area contributed by atoms with Crippen LogP contribution < -0.4 is 5.32 Å². The SMILES string of the molecule is C[C@H](Cc1ccccc1Cl)NC(=O)c1c[nH]c(=S)n1-c1ccc(F)cc1. The second-order valence-corrected chi connectivity index (χ2v) is 6.75. The highest BCUT2D eigenvalue weighted by Gasteiger charge is 2.17. The second-order valence-electron chi connectivity index (χ2n) is 5.96. The quantitative estimate of drug-likeness (QED) is 0.622. The number of nitrogens with zero attached hydrogens (tertiary/aromatic N) is 1. The van der Waals surface area contributed by atoms with E-state index < -0.39 is 0 Å². The first kappa shape index (κ1) is 18.4. The van der Waals surface area contributed by atoms with Gasteiger partial charge in [-0.05, 0) is 61.5 Å². The Hall–Kier alpha value is -2.44. The average molecular weight is 390 g/mol. The van der Waals surface area contributed by atoms with Crippen LogP contribution in [0.1, 0.15) is 23.0 Å². The van der Waals surface area contributed by atoms with Crippen molar-refractivity contribution in [3.05, 3.63) is 81.6 Å². The van der Waals surface area contributed by atoms with Crippen LogP contribution in [0.2, 0.25) is 5.02 Å². The normalized spacial score (nSPS) is 12.0. The van der Waals surface area contributed by atoms with E-state index in [0.717, 1.165) is 5.56 Å². The molecule has 0 radical (unpaired) electrons. The smallest absolute Gasteiger partial charge is 0.270 e. The van der Waals surface area contributed by atoms with Crippen molar-refractivity contribution in [2.45, 2.75) is 19.4 Å². The summed E-state index contributed by atoms with van der Waals surface area (Å²) in [4.78, 5) is 15.6. The molecule has 2 N–H and O–H groups in total. The fourth-order valence-electron chi connectivity index (χ4n) is 2.72. The zero-order valence-corrected chi connectivity index (χ0v) is 15.6. The average Bonchev–Trinajstić information content (AvgIpc) is 2.99. The molecule has 3 rings (SSSR count). The van der Waals surface area contributed by atoms with Gasteiger partial charge in [0, 0.05) is 22.9 Å². The minimum atomic E-state index is -0.352. The number of carbonyl (C=O) groups is 1. The number of amides is 1. The number of carbonyl (C=O) groups excluding carboxylic acids is 1. The fraction of sp³-hybridized carbons (Fsp3) is 0.158. The summed E-state index contributed by atoms with van der Waals surface area (Å²) in [6.07, 6.45) is 2.15. The summed E-state index contributed by atoms with van der Waals surface area (Å²) < 4.78 is 15.1. The molecule has 0 bridgehead atoms. The van der Waals surface area contributed by atoms with E-state index >= 15 is 0 Å². The van der Waals surface area contributed by atoms with Crippen molar-refractivity contribution < 1.29 is 9.18 Å². The van der Waals surface area contributed by atoms with Crippen LogP contribution in [-0.2, 0) is 6.42 Å². The molecular formula is C19H17ClFN3OS. The molecule has 0 aliphatic carbocycles. The first-order valence-corrected chi connectivity index (χ1v) is 8.85. The molecule has 4 nitrogen and oxygen atoms in total. The van der Waals surface area contributed by atoms with Gasteiger partial charge in [0.2, 0.25) is 0 Å². The largest absolute Gasteiger partial charge is 0.348 e. The van der Waals surface area contributed by atoms with Gasteiger partial charge in [-0.15, -0.1) is 0 Å². The number of aromatic nitrogens is 2. The number of halogens is 2. The van der Waals surface area contributed by atoms with Gasteiger partial charge in [0.25, 0.3) is 5.91 Å². The second kappa shape index (κ2) is 7.85. The number of hydrogen-bond donors (Lipinski definition) is 2. The predicted octanol–water partition coefficient (Wildman–Crippen LogP) is 4.69. The first-order valence-electron chi connectivity index (χ1n) is 8.06. The Morgan fingerprint density at radius 1 is 1.27 bits per heavy atom. The third-order valence-electron chi connectivity index (χ3n) is 3.96. The third kappa shape index (κ3) is 4.03. The maximum atomic E-state index is 13.2. The topological polar surface area (TPSA) is 49.8 Å². The molecule has 2 aromatic carbocycles. The Kier molecular flexibility index (Phi) is 5.54. The van der Waals surface area contributed by atoms with Crippen LogP contribution in [0, 0.1) is 10.6 Å². The van der Waals surface area contributed by atoms with E-state index in [1.54, 1.807) is 22.9 Å². The van der Waals surface area contributed by atoms with Gasteiger partial charge >= 0.3 is 0 Å². The highest BCUT2D eigenvalue weighted by molar-refractivity contribution is 7.71. The van der Waals surface area contributed by atoms with Crippen molar-refractivity contribution in [2.75, 3.05) is 0 Å². The van der Waals surface area contributed by atoms with E-state index in [1.165, 1.54) is 12.1 Å². The molecule has 26 heavy (non-hydrogen) atoms. The molecular weight excluding hydrogens is 373 g/mol. The predicted molar refractivity (Wildman–Crippen MR) is 103 cm³/mol. The molecule has 0 saturated heterocycles. The molecule has 3 aromatic rings. The molecule has 0 unspecified atom stereocenters. The lowest BCUT2D eigenvalue weighted by atomic mass is 10.1.